The predicted molar refractivity (Wildman–Crippen MR) is 140 cm³/mol. The number of rotatable bonds is 9. The van der Waals surface area contributed by atoms with Crippen molar-refractivity contribution in [2.24, 2.45) is 0 Å². The zero-order chi connectivity index (χ0) is 24.6. The van der Waals surface area contributed by atoms with Gasteiger partial charge in [0.2, 0.25) is 5.95 Å². The molecule has 1 aliphatic rings. The number of aliphatic hydroxyl groups excluding tert-OH is 1. The summed E-state index contributed by atoms with van der Waals surface area (Å²) in [6, 6.07) is 13.1. The van der Waals surface area contributed by atoms with Crippen LogP contribution < -0.4 is 10.6 Å². The smallest absolute Gasteiger partial charge is 0.251 e. The lowest BCUT2D eigenvalue weighted by Gasteiger charge is -2.26. The Bertz CT molecular complexity index is 1170. The van der Waals surface area contributed by atoms with Gasteiger partial charge in [0.1, 0.15) is 0 Å². The standard InChI is InChI=1S/C26H30BrN5O3/c1-18-16-29-26(31-24(18)20-5-2-4-19(12-20)17-33)30-23-14-21(13-22(27)15-23)25(34)28-6-3-7-32-8-10-35-11-9-32/h2,4-5,12-16,33H,3,6-11,17H2,1H3,(H,28,34)(H,29,30,31). The quantitative estimate of drug-likeness (QED) is 0.354. The lowest BCUT2D eigenvalue weighted by Crippen LogP contribution is -2.38. The molecule has 0 saturated carbocycles. The van der Waals surface area contributed by atoms with E-state index in [2.05, 4.69) is 41.4 Å². The van der Waals surface area contributed by atoms with Gasteiger partial charge in [-0.3, -0.25) is 9.69 Å². The van der Waals surface area contributed by atoms with Crippen LogP contribution in [0.15, 0.2) is 53.1 Å². The molecule has 0 bridgehead atoms. The molecule has 3 N–H and O–H groups in total. The summed E-state index contributed by atoms with van der Waals surface area (Å²) in [7, 11) is 0. The fourth-order valence-electron chi connectivity index (χ4n) is 3.96. The number of anilines is 2. The second-order valence-electron chi connectivity index (χ2n) is 8.50. The van der Waals surface area contributed by atoms with Gasteiger partial charge in [-0.2, -0.15) is 0 Å². The van der Waals surface area contributed by atoms with E-state index in [1.54, 1.807) is 18.3 Å². The molecule has 8 nitrogen and oxygen atoms in total. The topological polar surface area (TPSA) is 99.6 Å². The summed E-state index contributed by atoms with van der Waals surface area (Å²) in [5, 5.41) is 15.7. The lowest BCUT2D eigenvalue weighted by molar-refractivity contribution is 0.0374. The number of aryl methyl sites for hydroxylation is 1. The van der Waals surface area contributed by atoms with E-state index in [1.807, 2.05) is 37.3 Å². The van der Waals surface area contributed by atoms with Gasteiger partial charge < -0.3 is 20.5 Å². The molecule has 2 aromatic carbocycles. The van der Waals surface area contributed by atoms with Gasteiger partial charge in [0.25, 0.3) is 5.91 Å². The number of halogens is 1. The van der Waals surface area contributed by atoms with Gasteiger partial charge >= 0.3 is 0 Å². The molecule has 0 spiro atoms. The predicted octanol–water partition coefficient (Wildman–Crippen LogP) is 3.90. The highest BCUT2D eigenvalue weighted by molar-refractivity contribution is 9.10. The largest absolute Gasteiger partial charge is 0.392 e. The van der Waals surface area contributed by atoms with Crippen LogP contribution in [-0.2, 0) is 11.3 Å². The summed E-state index contributed by atoms with van der Waals surface area (Å²) >= 11 is 3.50. The van der Waals surface area contributed by atoms with Gasteiger partial charge in [0.05, 0.1) is 25.5 Å². The van der Waals surface area contributed by atoms with Crippen LogP contribution in [0.2, 0.25) is 0 Å². The van der Waals surface area contributed by atoms with Crippen molar-refractivity contribution in [3.05, 3.63) is 69.8 Å². The summed E-state index contributed by atoms with van der Waals surface area (Å²) in [4.78, 5) is 24.2. The van der Waals surface area contributed by atoms with Crippen LogP contribution in [0.4, 0.5) is 11.6 Å². The van der Waals surface area contributed by atoms with Gasteiger partial charge in [-0.15, -0.1) is 0 Å². The molecule has 1 amide bonds. The van der Waals surface area contributed by atoms with Crippen molar-refractivity contribution < 1.29 is 14.6 Å². The Morgan fingerprint density at radius 1 is 1.20 bits per heavy atom. The molecule has 1 saturated heterocycles. The van der Waals surface area contributed by atoms with Crippen molar-refractivity contribution in [2.45, 2.75) is 20.0 Å². The Kier molecular flexibility index (Phi) is 8.81. The number of nitrogens with zero attached hydrogens (tertiary/aromatic N) is 3. The highest BCUT2D eigenvalue weighted by Crippen LogP contribution is 2.26. The third-order valence-electron chi connectivity index (χ3n) is 5.81. The highest BCUT2D eigenvalue weighted by Gasteiger charge is 2.13. The number of benzene rings is 2. The Labute approximate surface area is 213 Å². The third kappa shape index (κ3) is 7.08. The van der Waals surface area contributed by atoms with Crippen LogP contribution in [0, 0.1) is 6.92 Å². The Hall–Kier alpha value is -2.85. The number of aromatic nitrogens is 2. The van der Waals surface area contributed by atoms with Gasteiger partial charge in [0, 0.05) is 47.1 Å². The molecule has 0 aliphatic carbocycles. The van der Waals surface area contributed by atoms with E-state index in [0.717, 1.165) is 66.1 Å². The molecule has 0 atom stereocenters. The molecule has 184 valence electrons. The first kappa shape index (κ1) is 25.2. The van der Waals surface area contributed by atoms with Gasteiger partial charge in [-0.05, 0) is 55.3 Å². The van der Waals surface area contributed by atoms with E-state index >= 15 is 0 Å². The third-order valence-corrected chi connectivity index (χ3v) is 6.27. The van der Waals surface area contributed by atoms with Crippen molar-refractivity contribution in [2.75, 3.05) is 44.7 Å². The van der Waals surface area contributed by atoms with Crippen molar-refractivity contribution in [1.29, 1.82) is 0 Å². The molecular formula is C26H30BrN5O3. The minimum absolute atomic E-state index is 0.0286. The maximum atomic E-state index is 12.8. The first-order valence-electron chi connectivity index (χ1n) is 11.7. The summed E-state index contributed by atoms with van der Waals surface area (Å²) < 4.78 is 6.15. The fraction of sp³-hybridized carbons (Fsp3) is 0.346. The molecule has 2 heterocycles. The normalized spacial score (nSPS) is 14.0. The Morgan fingerprint density at radius 2 is 2.03 bits per heavy atom. The van der Waals surface area contributed by atoms with Crippen molar-refractivity contribution in [3.63, 3.8) is 0 Å². The molecule has 9 heteroatoms. The van der Waals surface area contributed by atoms with Crippen LogP contribution in [0.3, 0.4) is 0 Å². The number of morpholine rings is 1. The minimum Gasteiger partial charge on any atom is -0.392 e. The Balaban J connectivity index is 1.41. The molecule has 0 radical (unpaired) electrons. The van der Waals surface area contributed by atoms with Gasteiger partial charge in [-0.25, -0.2) is 9.97 Å². The number of carbonyl (C=O) groups excluding carboxylic acids is 1. The van der Waals surface area contributed by atoms with E-state index in [0.29, 0.717) is 23.7 Å². The molecule has 3 aromatic rings. The van der Waals surface area contributed by atoms with Crippen LogP contribution >= 0.6 is 15.9 Å². The number of carbonyl (C=O) groups is 1. The average Bonchev–Trinajstić information content (AvgIpc) is 2.88. The molecule has 1 aromatic heterocycles. The number of hydrogen-bond donors (Lipinski definition) is 3. The summed E-state index contributed by atoms with van der Waals surface area (Å²) in [5.74, 6) is 0.303. The maximum absolute atomic E-state index is 12.8. The molecule has 35 heavy (non-hydrogen) atoms. The Morgan fingerprint density at radius 3 is 2.83 bits per heavy atom. The van der Waals surface area contributed by atoms with Crippen molar-refractivity contribution in [1.82, 2.24) is 20.2 Å². The first-order chi connectivity index (χ1) is 17.0. The molecule has 4 rings (SSSR count). The fourth-order valence-corrected chi connectivity index (χ4v) is 4.46. The van der Waals surface area contributed by atoms with E-state index in [-0.39, 0.29) is 12.5 Å². The van der Waals surface area contributed by atoms with Gasteiger partial charge in [0.15, 0.2) is 0 Å². The number of nitrogens with one attached hydrogen (secondary N) is 2. The van der Waals surface area contributed by atoms with E-state index in [9.17, 15) is 9.90 Å². The average molecular weight is 540 g/mol. The number of hydrogen-bond acceptors (Lipinski definition) is 7. The van der Waals surface area contributed by atoms with Crippen molar-refractivity contribution >= 4 is 33.5 Å². The summed E-state index contributed by atoms with van der Waals surface area (Å²) in [6.45, 7) is 6.94. The van der Waals surface area contributed by atoms with E-state index in [4.69, 9.17) is 4.74 Å². The summed E-state index contributed by atoms with van der Waals surface area (Å²) in [6.07, 6.45) is 2.65. The zero-order valence-electron chi connectivity index (χ0n) is 19.8. The zero-order valence-corrected chi connectivity index (χ0v) is 21.3. The second-order valence-corrected chi connectivity index (χ2v) is 9.42. The first-order valence-corrected chi connectivity index (χ1v) is 12.5. The second kappa shape index (κ2) is 12.2. The van der Waals surface area contributed by atoms with E-state index in [1.165, 1.54) is 0 Å². The number of ether oxygens (including phenoxy) is 1. The molecule has 1 aliphatic heterocycles. The van der Waals surface area contributed by atoms with Gasteiger partial charge in [-0.1, -0.05) is 34.1 Å². The monoisotopic (exact) mass is 539 g/mol. The highest BCUT2D eigenvalue weighted by atomic mass is 79.9. The maximum Gasteiger partial charge on any atom is 0.251 e. The SMILES string of the molecule is Cc1cnc(Nc2cc(Br)cc(C(=O)NCCCN3CCOCC3)c2)nc1-c1cccc(CO)c1. The van der Waals surface area contributed by atoms with Crippen molar-refractivity contribution in [3.8, 4) is 11.3 Å². The number of amides is 1. The number of aliphatic hydroxyl groups is 1. The van der Waals surface area contributed by atoms with E-state index < -0.39 is 0 Å². The summed E-state index contributed by atoms with van der Waals surface area (Å²) in [5.41, 5.74) is 4.70. The molecule has 0 unspecified atom stereocenters. The van der Waals surface area contributed by atoms with Crippen LogP contribution in [-0.4, -0.2) is 65.3 Å². The van der Waals surface area contributed by atoms with Crippen LogP contribution in [0.5, 0.6) is 0 Å². The lowest BCUT2D eigenvalue weighted by atomic mass is 10.1. The van der Waals surface area contributed by atoms with Crippen LogP contribution in [0.1, 0.15) is 27.9 Å². The minimum atomic E-state index is -0.123. The molecular weight excluding hydrogens is 510 g/mol. The van der Waals surface area contributed by atoms with Crippen LogP contribution in [0.25, 0.3) is 11.3 Å². The molecule has 1 fully saturated rings.